The molecule has 0 saturated heterocycles. The molecule has 0 aromatic carbocycles. The molecule has 2 aliphatic carbocycles. The second-order valence-electron chi connectivity index (χ2n) is 6.15. The Hall–Kier alpha value is -0.830. The predicted octanol–water partition coefficient (Wildman–Crippen LogP) is 2.67. The molecule has 0 amide bonds. The summed E-state index contributed by atoms with van der Waals surface area (Å²) in [6.07, 6.45) is 7.02. The normalized spacial score (nSPS) is 30.2. The van der Waals surface area contributed by atoms with Gasteiger partial charge in [-0.15, -0.1) is 0 Å². The number of nitrogens with one attached hydrogen (secondary N) is 1. The van der Waals surface area contributed by atoms with Gasteiger partial charge < -0.3 is 5.32 Å². The molecule has 3 atom stereocenters. The molecule has 18 heavy (non-hydrogen) atoms. The topological polar surface area (TPSA) is 29.9 Å². The number of fused-ring (bicyclic) bond motifs is 1. The summed E-state index contributed by atoms with van der Waals surface area (Å²) in [5.74, 6) is 2.10. The molecule has 2 fully saturated rings. The lowest BCUT2D eigenvalue weighted by Crippen LogP contribution is -2.34. The molecule has 2 saturated carbocycles. The van der Waals surface area contributed by atoms with E-state index in [0.717, 1.165) is 36.7 Å². The van der Waals surface area contributed by atoms with Crippen LogP contribution in [0.1, 0.15) is 43.5 Å². The third-order valence-corrected chi connectivity index (χ3v) is 4.64. The minimum absolute atomic E-state index is 0.823. The van der Waals surface area contributed by atoms with E-state index in [1.165, 1.54) is 37.8 Å². The molecule has 3 nitrogen and oxygen atoms in total. The van der Waals surface area contributed by atoms with Crippen LogP contribution in [-0.2, 0) is 6.54 Å². The van der Waals surface area contributed by atoms with Gasteiger partial charge in [0.05, 0.1) is 5.69 Å². The van der Waals surface area contributed by atoms with E-state index in [4.69, 9.17) is 0 Å². The van der Waals surface area contributed by atoms with Gasteiger partial charge in [-0.25, -0.2) is 0 Å². The minimum Gasteiger partial charge on any atom is -0.314 e. The van der Waals surface area contributed by atoms with Gasteiger partial charge in [0, 0.05) is 18.3 Å². The summed E-state index contributed by atoms with van der Waals surface area (Å²) in [5, 5.41) is 8.28. The maximum atomic E-state index is 4.51. The first kappa shape index (κ1) is 12.2. The average molecular weight is 247 g/mol. The standard InChI is InChI=1S/C15H25N3/c1-11-9-12(2)18(17-11)8-4-7-16-15-6-3-5-13-10-14(13)15/h9,13-16H,3-8,10H2,1-2H3. The number of aryl methyl sites for hydroxylation is 3. The van der Waals surface area contributed by atoms with Crippen LogP contribution in [0.5, 0.6) is 0 Å². The van der Waals surface area contributed by atoms with Gasteiger partial charge in [-0.1, -0.05) is 12.8 Å². The zero-order valence-electron chi connectivity index (χ0n) is 11.7. The van der Waals surface area contributed by atoms with Crippen LogP contribution in [0.2, 0.25) is 0 Å². The van der Waals surface area contributed by atoms with E-state index >= 15 is 0 Å². The van der Waals surface area contributed by atoms with Crippen LogP contribution < -0.4 is 5.32 Å². The van der Waals surface area contributed by atoms with E-state index in [1.54, 1.807) is 0 Å². The van der Waals surface area contributed by atoms with Crippen LogP contribution in [0.4, 0.5) is 0 Å². The van der Waals surface area contributed by atoms with Gasteiger partial charge in [0.1, 0.15) is 0 Å². The smallest absolute Gasteiger partial charge is 0.0596 e. The second kappa shape index (κ2) is 5.04. The van der Waals surface area contributed by atoms with Crippen LogP contribution in [0.15, 0.2) is 6.07 Å². The molecular formula is C15H25N3. The highest BCUT2D eigenvalue weighted by Gasteiger charge is 2.44. The van der Waals surface area contributed by atoms with Crippen molar-refractivity contribution in [2.75, 3.05) is 6.54 Å². The fraction of sp³-hybridized carbons (Fsp3) is 0.800. The molecule has 3 heteroatoms. The molecule has 1 N–H and O–H groups in total. The number of aromatic nitrogens is 2. The minimum atomic E-state index is 0.823. The molecule has 1 heterocycles. The predicted molar refractivity (Wildman–Crippen MR) is 73.6 cm³/mol. The summed E-state index contributed by atoms with van der Waals surface area (Å²) >= 11 is 0. The summed E-state index contributed by atoms with van der Waals surface area (Å²) in [4.78, 5) is 0. The fourth-order valence-corrected chi connectivity index (χ4v) is 3.58. The molecule has 2 aliphatic rings. The number of rotatable bonds is 5. The van der Waals surface area contributed by atoms with E-state index < -0.39 is 0 Å². The summed E-state index contributed by atoms with van der Waals surface area (Å²) in [5.41, 5.74) is 2.42. The maximum absolute atomic E-state index is 4.51. The van der Waals surface area contributed by atoms with Crippen LogP contribution in [0, 0.1) is 25.7 Å². The Morgan fingerprint density at radius 1 is 1.39 bits per heavy atom. The molecule has 1 aromatic heterocycles. The highest BCUT2D eigenvalue weighted by molar-refractivity contribution is 5.06. The third-order valence-electron chi connectivity index (χ3n) is 4.64. The number of hydrogen-bond donors (Lipinski definition) is 1. The maximum Gasteiger partial charge on any atom is 0.0596 e. The van der Waals surface area contributed by atoms with Crippen molar-refractivity contribution < 1.29 is 0 Å². The Labute approximate surface area is 110 Å². The molecule has 100 valence electrons. The third kappa shape index (κ3) is 2.61. The number of hydrogen-bond acceptors (Lipinski definition) is 2. The van der Waals surface area contributed by atoms with Crippen LogP contribution >= 0.6 is 0 Å². The van der Waals surface area contributed by atoms with E-state index in [-0.39, 0.29) is 0 Å². The Balaban J connectivity index is 1.39. The lowest BCUT2D eigenvalue weighted by Gasteiger charge is -2.22. The summed E-state index contributed by atoms with van der Waals surface area (Å²) in [6.45, 7) is 6.40. The van der Waals surface area contributed by atoms with Crippen molar-refractivity contribution in [3.8, 4) is 0 Å². The van der Waals surface area contributed by atoms with Crippen molar-refractivity contribution in [1.29, 1.82) is 0 Å². The molecule has 3 unspecified atom stereocenters. The molecule has 1 aromatic rings. The van der Waals surface area contributed by atoms with Crippen molar-refractivity contribution in [2.24, 2.45) is 11.8 Å². The SMILES string of the molecule is Cc1cc(C)n(CCCNC2CCCC3CC32)n1. The molecule has 0 aliphatic heterocycles. The van der Waals surface area contributed by atoms with Crippen LogP contribution in [-0.4, -0.2) is 22.4 Å². The second-order valence-corrected chi connectivity index (χ2v) is 6.15. The van der Waals surface area contributed by atoms with E-state index in [0.29, 0.717) is 0 Å². The van der Waals surface area contributed by atoms with Gasteiger partial charge in [-0.05, 0) is 57.6 Å². The highest BCUT2D eigenvalue weighted by Crippen LogP contribution is 2.49. The molecular weight excluding hydrogens is 222 g/mol. The largest absolute Gasteiger partial charge is 0.314 e. The van der Waals surface area contributed by atoms with Crippen LogP contribution in [0.25, 0.3) is 0 Å². The van der Waals surface area contributed by atoms with Gasteiger partial charge in [0.25, 0.3) is 0 Å². The summed E-state index contributed by atoms with van der Waals surface area (Å²) < 4.78 is 2.14. The lowest BCUT2D eigenvalue weighted by atomic mass is 9.95. The van der Waals surface area contributed by atoms with Gasteiger partial charge >= 0.3 is 0 Å². The Morgan fingerprint density at radius 3 is 3.06 bits per heavy atom. The zero-order valence-corrected chi connectivity index (χ0v) is 11.7. The molecule has 3 rings (SSSR count). The zero-order chi connectivity index (χ0) is 12.5. The van der Waals surface area contributed by atoms with E-state index in [1.807, 2.05) is 0 Å². The first-order valence-corrected chi connectivity index (χ1v) is 7.48. The van der Waals surface area contributed by atoms with Gasteiger partial charge in [0.2, 0.25) is 0 Å². The quantitative estimate of drug-likeness (QED) is 0.811. The summed E-state index contributed by atoms with van der Waals surface area (Å²) in [7, 11) is 0. The molecule has 0 spiro atoms. The fourth-order valence-electron chi connectivity index (χ4n) is 3.58. The molecule has 0 radical (unpaired) electrons. The molecule has 0 bridgehead atoms. The van der Waals surface area contributed by atoms with Crippen molar-refractivity contribution in [1.82, 2.24) is 15.1 Å². The van der Waals surface area contributed by atoms with Gasteiger partial charge in [-0.2, -0.15) is 5.10 Å². The van der Waals surface area contributed by atoms with Crippen molar-refractivity contribution >= 4 is 0 Å². The van der Waals surface area contributed by atoms with E-state index in [2.05, 4.69) is 35.0 Å². The lowest BCUT2D eigenvalue weighted by molar-refractivity contribution is 0.348. The van der Waals surface area contributed by atoms with E-state index in [9.17, 15) is 0 Å². The van der Waals surface area contributed by atoms with Crippen molar-refractivity contribution in [3.63, 3.8) is 0 Å². The first-order chi connectivity index (χ1) is 8.74. The Morgan fingerprint density at radius 2 is 2.28 bits per heavy atom. The van der Waals surface area contributed by atoms with Gasteiger partial charge in [0.15, 0.2) is 0 Å². The number of nitrogens with zero attached hydrogens (tertiary/aromatic N) is 2. The van der Waals surface area contributed by atoms with Crippen molar-refractivity contribution in [3.05, 3.63) is 17.5 Å². The Kier molecular flexibility index (Phi) is 3.42. The van der Waals surface area contributed by atoms with Crippen LogP contribution in [0.3, 0.4) is 0 Å². The highest BCUT2D eigenvalue weighted by atomic mass is 15.3. The monoisotopic (exact) mass is 247 g/mol. The van der Waals surface area contributed by atoms with Crippen molar-refractivity contribution in [2.45, 2.75) is 58.5 Å². The average Bonchev–Trinajstić information content (AvgIpc) is 3.06. The van der Waals surface area contributed by atoms with Gasteiger partial charge in [-0.3, -0.25) is 4.68 Å². The summed E-state index contributed by atoms with van der Waals surface area (Å²) in [6, 6.07) is 2.98. The Bertz CT molecular complexity index is 410. The first-order valence-electron chi connectivity index (χ1n) is 7.48.